The van der Waals surface area contributed by atoms with Crippen LogP contribution in [0.5, 0.6) is 0 Å². The van der Waals surface area contributed by atoms with Gasteiger partial charge in [-0.25, -0.2) is 4.39 Å². The fourth-order valence-corrected chi connectivity index (χ4v) is 3.21. The van der Waals surface area contributed by atoms with Gasteiger partial charge < -0.3 is 0 Å². The van der Waals surface area contributed by atoms with Crippen molar-refractivity contribution in [2.24, 2.45) is 0 Å². The van der Waals surface area contributed by atoms with Crippen molar-refractivity contribution in [3.05, 3.63) is 68.8 Å². The molecule has 0 radical (unpaired) electrons. The Balaban J connectivity index is 2.05. The van der Waals surface area contributed by atoms with E-state index in [-0.39, 0.29) is 11.6 Å². The van der Waals surface area contributed by atoms with Crippen molar-refractivity contribution >= 4 is 50.4 Å². The molecule has 0 fully saturated rings. The molecular formula is C15H7Cl2FOS. The number of rotatable bonds is 2. The molecule has 2 aromatic carbocycles. The van der Waals surface area contributed by atoms with E-state index in [1.807, 2.05) is 0 Å². The van der Waals surface area contributed by atoms with Crippen molar-refractivity contribution in [1.29, 1.82) is 0 Å². The average Bonchev–Trinajstić information content (AvgIpc) is 2.84. The zero-order chi connectivity index (χ0) is 14.3. The van der Waals surface area contributed by atoms with Crippen LogP contribution >= 0.6 is 34.5 Å². The molecule has 5 heteroatoms. The molecule has 100 valence electrons. The van der Waals surface area contributed by atoms with E-state index in [2.05, 4.69) is 0 Å². The lowest BCUT2D eigenvalue weighted by Crippen LogP contribution is -1.98. The van der Waals surface area contributed by atoms with E-state index in [9.17, 15) is 9.18 Å². The van der Waals surface area contributed by atoms with Gasteiger partial charge in [0.2, 0.25) is 5.78 Å². The van der Waals surface area contributed by atoms with Crippen LogP contribution in [0.15, 0.2) is 42.5 Å². The molecule has 0 saturated carbocycles. The molecule has 0 aliphatic rings. The number of carbonyl (C=O) groups excluding carboxylic acids is 1. The first-order valence-electron chi connectivity index (χ1n) is 5.73. The normalized spacial score (nSPS) is 10.9. The summed E-state index contributed by atoms with van der Waals surface area (Å²) in [5, 5.41) is 1.46. The molecule has 3 aromatic rings. The number of halogens is 3. The SMILES string of the molecule is O=C(c1ccc(Cl)c(Cl)c1)c1cc2cc(F)ccc2s1. The maximum atomic E-state index is 13.2. The summed E-state index contributed by atoms with van der Waals surface area (Å²) in [5.41, 5.74) is 0.464. The fourth-order valence-electron chi connectivity index (χ4n) is 1.91. The Morgan fingerprint density at radius 1 is 1.00 bits per heavy atom. The molecule has 20 heavy (non-hydrogen) atoms. The van der Waals surface area contributed by atoms with Gasteiger partial charge in [-0.15, -0.1) is 11.3 Å². The summed E-state index contributed by atoms with van der Waals surface area (Å²) in [7, 11) is 0. The van der Waals surface area contributed by atoms with Crippen LogP contribution in [-0.2, 0) is 0 Å². The highest BCUT2D eigenvalue weighted by molar-refractivity contribution is 7.21. The van der Waals surface area contributed by atoms with E-state index < -0.39 is 0 Å². The van der Waals surface area contributed by atoms with E-state index in [1.54, 1.807) is 24.3 Å². The lowest BCUT2D eigenvalue weighted by Gasteiger charge is -2.00. The molecule has 0 unspecified atom stereocenters. The van der Waals surface area contributed by atoms with E-state index in [0.29, 0.717) is 20.5 Å². The Labute approximate surface area is 128 Å². The predicted molar refractivity (Wildman–Crippen MR) is 81.7 cm³/mol. The monoisotopic (exact) mass is 324 g/mol. The van der Waals surface area contributed by atoms with Crippen LogP contribution in [0.4, 0.5) is 4.39 Å². The molecule has 0 aliphatic heterocycles. The van der Waals surface area contributed by atoms with E-state index in [0.717, 1.165) is 10.1 Å². The van der Waals surface area contributed by atoms with Gasteiger partial charge >= 0.3 is 0 Å². The van der Waals surface area contributed by atoms with Gasteiger partial charge in [0.15, 0.2) is 0 Å². The third kappa shape index (κ3) is 2.44. The maximum Gasteiger partial charge on any atom is 0.203 e. The lowest BCUT2D eigenvalue weighted by molar-refractivity contribution is 0.104. The second-order valence-electron chi connectivity index (χ2n) is 4.25. The first-order chi connectivity index (χ1) is 9.54. The summed E-state index contributed by atoms with van der Waals surface area (Å²) in [6.45, 7) is 0. The minimum atomic E-state index is -0.316. The third-order valence-electron chi connectivity index (χ3n) is 2.88. The Morgan fingerprint density at radius 3 is 2.55 bits per heavy atom. The van der Waals surface area contributed by atoms with Gasteiger partial charge in [-0.2, -0.15) is 0 Å². The molecule has 0 amide bonds. The van der Waals surface area contributed by atoms with Crippen LogP contribution in [0, 0.1) is 5.82 Å². The van der Waals surface area contributed by atoms with Gasteiger partial charge in [-0.05, 0) is 47.9 Å². The van der Waals surface area contributed by atoms with E-state index >= 15 is 0 Å². The summed E-state index contributed by atoms with van der Waals surface area (Å²) >= 11 is 13.1. The number of fused-ring (bicyclic) bond motifs is 1. The second kappa shape index (κ2) is 5.17. The van der Waals surface area contributed by atoms with Crippen LogP contribution in [-0.4, -0.2) is 5.78 Å². The summed E-state index contributed by atoms with van der Waals surface area (Å²) < 4.78 is 14.0. The molecule has 0 atom stereocenters. The Morgan fingerprint density at radius 2 is 1.80 bits per heavy atom. The first kappa shape index (κ1) is 13.6. The van der Waals surface area contributed by atoms with Crippen molar-refractivity contribution < 1.29 is 9.18 Å². The van der Waals surface area contributed by atoms with E-state index in [4.69, 9.17) is 23.2 Å². The molecule has 1 aromatic heterocycles. The highest BCUT2D eigenvalue weighted by atomic mass is 35.5. The highest BCUT2D eigenvalue weighted by Crippen LogP contribution is 2.29. The van der Waals surface area contributed by atoms with Gasteiger partial charge in [-0.3, -0.25) is 4.79 Å². The predicted octanol–water partition coefficient (Wildman–Crippen LogP) is 5.58. The fraction of sp³-hybridized carbons (Fsp3) is 0. The van der Waals surface area contributed by atoms with Gasteiger partial charge in [0, 0.05) is 10.3 Å². The standard InChI is InChI=1S/C15H7Cl2FOS/c16-11-3-1-8(6-12(11)17)15(19)14-7-9-5-10(18)2-4-13(9)20-14/h1-7H. The second-order valence-corrected chi connectivity index (χ2v) is 6.15. The number of carbonyl (C=O) groups is 1. The minimum Gasteiger partial charge on any atom is -0.288 e. The molecule has 0 saturated heterocycles. The zero-order valence-electron chi connectivity index (χ0n) is 9.99. The van der Waals surface area contributed by atoms with Crippen LogP contribution in [0.1, 0.15) is 15.2 Å². The summed E-state index contributed by atoms with van der Waals surface area (Å²) in [6.07, 6.45) is 0. The Bertz CT molecular complexity index is 826. The van der Waals surface area contributed by atoms with E-state index in [1.165, 1.54) is 29.5 Å². The van der Waals surface area contributed by atoms with Crippen molar-refractivity contribution in [2.75, 3.05) is 0 Å². The van der Waals surface area contributed by atoms with Gasteiger partial charge in [0.05, 0.1) is 14.9 Å². The summed E-state index contributed by atoms with van der Waals surface area (Å²) in [6, 6.07) is 10.9. The summed E-state index contributed by atoms with van der Waals surface area (Å²) in [4.78, 5) is 12.9. The zero-order valence-corrected chi connectivity index (χ0v) is 12.3. The minimum absolute atomic E-state index is 0.148. The number of benzene rings is 2. The Hall–Kier alpha value is -1.42. The molecule has 1 heterocycles. The average molecular weight is 325 g/mol. The smallest absolute Gasteiger partial charge is 0.203 e. The molecule has 0 bridgehead atoms. The van der Waals surface area contributed by atoms with Crippen LogP contribution in [0.3, 0.4) is 0 Å². The number of ketones is 1. The quantitative estimate of drug-likeness (QED) is 0.562. The van der Waals surface area contributed by atoms with Crippen LogP contribution < -0.4 is 0 Å². The first-order valence-corrected chi connectivity index (χ1v) is 7.31. The topological polar surface area (TPSA) is 17.1 Å². The van der Waals surface area contributed by atoms with Crippen molar-refractivity contribution in [2.45, 2.75) is 0 Å². The van der Waals surface area contributed by atoms with Crippen molar-refractivity contribution in [3.63, 3.8) is 0 Å². The number of hydrogen-bond donors (Lipinski definition) is 0. The molecule has 0 spiro atoms. The molecule has 0 aliphatic carbocycles. The summed E-state index contributed by atoms with van der Waals surface area (Å²) in [5.74, 6) is -0.464. The third-order valence-corrected chi connectivity index (χ3v) is 4.74. The molecule has 3 rings (SSSR count). The lowest BCUT2D eigenvalue weighted by atomic mass is 10.1. The van der Waals surface area contributed by atoms with Gasteiger partial charge in [0.1, 0.15) is 5.82 Å². The van der Waals surface area contributed by atoms with Gasteiger partial charge in [-0.1, -0.05) is 23.2 Å². The largest absolute Gasteiger partial charge is 0.288 e. The molecule has 0 N–H and O–H groups in total. The van der Waals surface area contributed by atoms with Gasteiger partial charge in [0.25, 0.3) is 0 Å². The van der Waals surface area contributed by atoms with Crippen LogP contribution in [0.2, 0.25) is 10.0 Å². The van der Waals surface area contributed by atoms with Crippen molar-refractivity contribution in [3.8, 4) is 0 Å². The molecule has 1 nitrogen and oxygen atoms in total. The number of hydrogen-bond acceptors (Lipinski definition) is 2. The maximum absolute atomic E-state index is 13.2. The number of thiophene rings is 1. The van der Waals surface area contributed by atoms with Crippen LogP contribution in [0.25, 0.3) is 10.1 Å². The Kier molecular flexibility index (Phi) is 3.50. The van der Waals surface area contributed by atoms with Crippen molar-refractivity contribution in [1.82, 2.24) is 0 Å². The molecular weight excluding hydrogens is 318 g/mol. The highest BCUT2D eigenvalue weighted by Gasteiger charge is 2.14.